The summed E-state index contributed by atoms with van der Waals surface area (Å²) in [7, 11) is 0. The lowest BCUT2D eigenvalue weighted by Crippen LogP contribution is -2.03. The van der Waals surface area contributed by atoms with Crippen LogP contribution in [-0.2, 0) is 6.42 Å². The Labute approximate surface area is 117 Å². The van der Waals surface area contributed by atoms with Crippen LogP contribution in [0.4, 0.5) is 0 Å². The molecule has 1 unspecified atom stereocenters. The van der Waals surface area contributed by atoms with Gasteiger partial charge in [-0.3, -0.25) is 4.79 Å². The highest BCUT2D eigenvalue weighted by Crippen LogP contribution is 2.40. The number of rotatable bonds is 2. The Morgan fingerprint density at radius 1 is 1.21 bits per heavy atom. The summed E-state index contributed by atoms with van der Waals surface area (Å²) < 4.78 is 5.90. The predicted molar refractivity (Wildman–Crippen MR) is 75.0 cm³/mol. The monoisotopic (exact) mass is 272 g/mol. The standard InChI is InChI=1S/C16H13ClO2/c1-10(18)11-5-7-12(8-6-11)16-9-13-14(17)3-2-4-15(13)19-16/h2-8,16H,9H2,1H3. The number of ether oxygens (including phenoxy) is 1. The second kappa shape index (κ2) is 4.71. The van der Waals surface area contributed by atoms with Crippen LogP contribution < -0.4 is 4.74 Å². The zero-order chi connectivity index (χ0) is 13.4. The number of benzene rings is 2. The van der Waals surface area contributed by atoms with E-state index in [1.165, 1.54) is 0 Å². The molecule has 0 aliphatic carbocycles. The fraction of sp³-hybridized carbons (Fsp3) is 0.188. The Hall–Kier alpha value is -1.80. The van der Waals surface area contributed by atoms with Crippen LogP contribution in [0, 0.1) is 0 Å². The van der Waals surface area contributed by atoms with Crippen molar-refractivity contribution in [1.29, 1.82) is 0 Å². The molecule has 0 saturated heterocycles. The highest BCUT2D eigenvalue weighted by atomic mass is 35.5. The summed E-state index contributed by atoms with van der Waals surface area (Å²) in [6.45, 7) is 1.57. The zero-order valence-electron chi connectivity index (χ0n) is 10.5. The number of carbonyl (C=O) groups excluding carboxylic acids is 1. The highest BCUT2D eigenvalue weighted by Gasteiger charge is 2.26. The van der Waals surface area contributed by atoms with Crippen molar-refractivity contribution >= 4 is 17.4 Å². The quantitative estimate of drug-likeness (QED) is 0.765. The van der Waals surface area contributed by atoms with Crippen molar-refractivity contribution in [3.05, 3.63) is 64.2 Å². The Kier molecular flexibility index (Phi) is 3.03. The number of carbonyl (C=O) groups is 1. The van der Waals surface area contributed by atoms with Gasteiger partial charge in [0.25, 0.3) is 0 Å². The molecular weight excluding hydrogens is 260 g/mol. The molecule has 0 spiro atoms. The number of halogens is 1. The molecule has 0 amide bonds. The van der Waals surface area contributed by atoms with Crippen LogP contribution in [0.5, 0.6) is 5.75 Å². The molecule has 96 valence electrons. The van der Waals surface area contributed by atoms with Gasteiger partial charge in [0, 0.05) is 22.6 Å². The number of hydrogen-bond acceptors (Lipinski definition) is 2. The first kappa shape index (κ1) is 12.2. The molecule has 0 radical (unpaired) electrons. The molecule has 2 aromatic carbocycles. The summed E-state index contributed by atoms with van der Waals surface area (Å²) >= 11 is 6.16. The molecule has 0 bridgehead atoms. The fourth-order valence-corrected chi connectivity index (χ4v) is 2.59. The first-order valence-electron chi connectivity index (χ1n) is 6.20. The summed E-state index contributed by atoms with van der Waals surface area (Å²) in [5, 5.41) is 0.750. The van der Waals surface area contributed by atoms with Gasteiger partial charge in [0.2, 0.25) is 0 Å². The molecule has 1 aliphatic heterocycles. The minimum atomic E-state index is -0.0177. The van der Waals surface area contributed by atoms with Gasteiger partial charge in [-0.2, -0.15) is 0 Å². The van der Waals surface area contributed by atoms with E-state index in [-0.39, 0.29) is 11.9 Å². The largest absolute Gasteiger partial charge is 0.485 e. The smallest absolute Gasteiger partial charge is 0.159 e. The lowest BCUT2D eigenvalue weighted by Gasteiger charge is -2.11. The summed E-state index contributed by atoms with van der Waals surface area (Å²) in [5.74, 6) is 0.929. The van der Waals surface area contributed by atoms with E-state index in [2.05, 4.69) is 0 Å². The molecule has 0 N–H and O–H groups in total. The van der Waals surface area contributed by atoms with Crippen LogP contribution >= 0.6 is 11.6 Å². The van der Waals surface area contributed by atoms with Crippen molar-refractivity contribution in [2.45, 2.75) is 19.4 Å². The average molecular weight is 273 g/mol. The molecule has 1 aliphatic rings. The lowest BCUT2D eigenvalue weighted by atomic mass is 10.0. The minimum Gasteiger partial charge on any atom is -0.485 e. The second-order valence-electron chi connectivity index (χ2n) is 4.71. The van der Waals surface area contributed by atoms with Gasteiger partial charge in [-0.25, -0.2) is 0 Å². The second-order valence-corrected chi connectivity index (χ2v) is 5.11. The number of hydrogen-bond donors (Lipinski definition) is 0. The minimum absolute atomic E-state index is 0.0177. The lowest BCUT2D eigenvalue weighted by molar-refractivity contribution is 0.101. The zero-order valence-corrected chi connectivity index (χ0v) is 11.3. The Balaban J connectivity index is 1.86. The van der Waals surface area contributed by atoms with Gasteiger partial charge in [-0.1, -0.05) is 41.9 Å². The Morgan fingerprint density at radius 2 is 1.95 bits per heavy atom. The van der Waals surface area contributed by atoms with Crippen LogP contribution in [0.25, 0.3) is 0 Å². The normalized spacial score (nSPS) is 16.8. The maximum Gasteiger partial charge on any atom is 0.159 e. The molecule has 0 saturated carbocycles. The summed E-state index contributed by atoms with van der Waals surface area (Å²) in [6.07, 6.45) is 0.755. The Morgan fingerprint density at radius 3 is 2.58 bits per heavy atom. The van der Waals surface area contributed by atoms with E-state index in [0.717, 1.165) is 33.9 Å². The number of ketones is 1. The first-order valence-corrected chi connectivity index (χ1v) is 6.58. The predicted octanol–water partition coefficient (Wildman–Crippen LogP) is 4.22. The van der Waals surface area contributed by atoms with Gasteiger partial charge < -0.3 is 4.74 Å². The third-order valence-electron chi connectivity index (χ3n) is 3.42. The molecule has 1 atom stereocenters. The summed E-state index contributed by atoms with van der Waals surface area (Å²) in [5.41, 5.74) is 2.85. The topological polar surface area (TPSA) is 26.3 Å². The van der Waals surface area contributed by atoms with E-state index in [0.29, 0.717) is 0 Å². The van der Waals surface area contributed by atoms with Crippen molar-refractivity contribution in [2.75, 3.05) is 0 Å². The average Bonchev–Trinajstić information content (AvgIpc) is 2.84. The maximum atomic E-state index is 11.3. The molecule has 3 heteroatoms. The van der Waals surface area contributed by atoms with Crippen LogP contribution in [0.3, 0.4) is 0 Å². The third kappa shape index (κ3) is 2.24. The van der Waals surface area contributed by atoms with Crippen molar-refractivity contribution in [2.24, 2.45) is 0 Å². The van der Waals surface area contributed by atoms with Crippen molar-refractivity contribution in [3.63, 3.8) is 0 Å². The van der Waals surface area contributed by atoms with Gasteiger partial charge in [-0.15, -0.1) is 0 Å². The molecule has 2 aromatic rings. The van der Waals surface area contributed by atoms with Crippen LogP contribution in [0.2, 0.25) is 5.02 Å². The highest BCUT2D eigenvalue weighted by molar-refractivity contribution is 6.31. The molecule has 3 rings (SSSR count). The van der Waals surface area contributed by atoms with E-state index in [4.69, 9.17) is 16.3 Å². The van der Waals surface area contributed by atoms with Crippen LogP contribution in [-0.4, -0.2) is 5.78 Å². The first-order chi connectivity index (χ1) is 9.15. The van der Waals surface area contributed by atoms with Crippen LogP contribution in [0.1, 0.15) is 34.5 Å². The molecule has 0 fully saturated rings. The van der Waals surface area contributed by atoms with Crippen molar-refractivity contribution in [1.82, 2.24) is 0 Å². The van der Waals surface area contributed by atoms with E-state index in [1.54, 1.807) is 6.92 Å². The third-order valence-corrected chi connectivity index (χ3v) is 3.78. The summed E-state index contributed by atoms with van der Waals surface area (Å²) in [6, 6.07) is 13.3. The Bertz CT molecular complexity index is 632. The summed E-state index contributed by atoms with van der Waals surface area (Å²) in [4.78, 5) is 11.3. The SMILES string of the molecule is CC(=O)c1ccc(C2Cc3c(Cl)cccc3O2)cc1. The van der Waals surface area contributed by atoms with Gasteiger partial charge in [0.1, 0.15) is 11.9 Å². The van der Waals surface area contributed by atoms with E-state index < -0.39 is 0 Å². The molecule has 19 heavy (non-hydrogen) atoms. The fourth-order valence-electron chi connectivity index (χ4n) is 2.35. The number of fused-ring (bicyclic) bond motifs is 1. The molecule has 0 aromatic heterocycles. The maximum absolute atomic E-state index is 11.3. The number of Topliss-reactive ketones (excluding diaryl/α,β-unsaturated/α-hetero) is 1. The van der Waals surface area contributed by atoms with Gasteiger partial charge in [0.15, 0.2) is 5.78 Å². The van der Waals surface area contributed by atoms with Gasteiger partial charge >= 0.3 is 0 Å². The van der Waals surface area contributed by atoms with E-state index >= 15 is 0 Å². The van der Waals surface area contributed by atoms with E-state index in [1.807, 2.05) is 42.5 Å². The molecule has 1 heterocycles. The van der Waals surface area contributed by atoms with Crippen molar-refractivity contribution in [3.8, 4) is 5.75 Å². The molecular formula is C16H13ClO2. The van der Waals surface area contributed by atoms with E-state index in [9.17, 15) is 4.79 Å². The van der Waals surface area contributed by atoms with Gasteiger partial charge in [0.05, 0.1) is 0 Å². The van der Waals surface area contributed by atoms with Crippen molar-refractivity contribution < 1.29 is 9.53 Å². The van der Waals surface area contributed by atoms with Crippen LogP contribution in [0.15, 0.2) is 42.5 Å². The molecule has 2 nitrogen and oxygen atoms in total. The van der Waals surface area contributed by atoms with Gasteiger partial charge in [-0.05, 0) is 24.6 Å².